The van der Waals surface area contributed by atoms with Crippen molar-refractivity contribution < 1.29 is 42.2 Å². The van der Waals surface area contributed by atoms with E-state index in [4.69, 9.17) is 14.6 Å². The highest BCUT2D eigenvalue weighted by molar-refractivity contribution is 5.92. The third-order valence-corrected chi connectivity index (χ3v) is 10.9. The van der Waals surface area contributed by atoms with Crippen LogP contribution >= 0.6 is 0 Å². The van der Waals surface area contributed by atoms with Crippen molar-refractivity contribution in [1.82, 2.24) is 24.7 Å². The number of amides is 4. The quantitative estimate of drug-likeness (QED) is 0.390. The summed E-state index contributed by atoms with van der Waals surface area (Å²) in [5.74, 6) is -0.453. The molecule has 4 amide bonds. The molecule has 5 heterocycles. The number of aromatic amines is 1. The number of nitrogens with two attached hydrogens (primary N) is 1. The van der Waals surface area contributed by atoms with Gasteiger partial charge in [-0.1, -0.05) is 6.92 Å². The number of hydrogen-bond acceptors (Lipinski definition) is 8. The van der Waals surface area contributed by atoms with Crippen LogP contribution < -0.4 is 11.3 Å². The van der Waals surface area contributed by atoms with Gasteiger partial charge in [0, 0.05) is 83.3 Å². The number of aromatic nitrogens is 2. The second-order valence-corrected chi connectivity index (χ2v) is 14.5. The lowest BCUT2D eigenvalue weighted by molar-refractivity contribution is -0.204. The monoisotopic (exact) mass is 712 g/mol. The van der Waals surface area contributed by atoms with Gasteiger partial charge < -0.3 is 35.3 Å². The maximum atomic E-state index is 13.1. The number of piperidine rings is 1. The molecule has 0 atom stereocenters. The zero-order chi connectivity index (χ0) is 36.6. The first-order chi connectivity index (χ1) is 23.8. The number of aliphatic hydroxyl groups excluding tert-OH is 1. The number of nitrogens with zero attached hydrogens (tertiary/aromatic N) is 4. The third kappa shape index (κ3) is 9.42. The highest BCUT2D eigenvalue weighted by Crippen LogP contribution is 2.60. The number of carbonyl (C=O) groups is 4. The number of aliphatic hydroxyl groups is 1. The standard InChI is InChI=1S/C16H17F3N4O3.C11H19NO.C6H12O2.CH3NO/c17-16(18,19)15(1-2-15)13(26)23-8-14(9-23)3-6-22(7-14)12(25)10-11(24)21-5-4-20-10;1-2-3-10(13)12-8-6-11(4-5-11)7-9-12;7-5-6-1-3-8-4-2-6;2-1-3/h4-5H,1-3,6-9H2,(H,21,24);2-9H2,1H3;6-7H,1-5H2;1H,(H2,2,3). The normalized spacial score (nSPS) is 22.5. The van der Waals surface area contributed by atoms with E-state index in [0.717, 1.165) is 52.0 Å². The predicted octanol–water partition coefficient (Wildman–Crippen LogP) is 2.48. The van der Waals surface area contributed by atoms with Crippen molar-refractivity contribution in [2.75, 3.05) is 59.1 Å². The smallest absolute Gasteiger partial charge is 0.396 e. The number of H-pyrrole nitrogens is 1. The maximum absolute atomic E-state index is 13.1. The van der Waals surface area contributed by atoms with Gasteiger partial charge in [-0.05, 0) is 75.5 Å². The average Bonchev–Trinajstić information content (AvgIpc) is 4.02. The first kappa shape index (κ1) is 39.3. The number of alkyl halides is 3. The van der Waals surface area contributed by atoms with E-state index < -0.39 is 29.0 Å². The minimum absolute atomic E-state index is 0.147. The molecule has 0 radical (unpaired) electrons. The van der Waals surface area contributed by atoms with Gasteiger partial charge >= 0.3 is 6.18 Å². The van der Waals surface area contributed by atoms with E-state index in [0.29, 0.717) is 43.4 Å². The number of rotatable bonds is 5. The average molecular weight is 713 g/mol. The molecule has 13 nitrogen and oxygen atoms in total. The van der Waals surface area contributed by atoms with Crippen LogP contribution in [0.5, 0.6) is 0 Å². The second kappa shape index (κ2) is 16.7. The van der Waals surface area contributed by atoms with E-state index in [2.05, 4.69) is 27.5 Å². The van der Waals surface area contributed by atoms with Crippen molar-refractivity contribution >= 4 is 24.1 Å². The van der Waals surface area contributed by atoms with Gasteiger partial charge in [-0.3, -0.25) is 24.0 Å². The number of hydrogen-bond donors (Lipinski definition) is 3. The number of likely N-dealkylation sites (tertiary alicyclic amines) is 3. The van der Waals surface area contributed by atoms with Gasteiger partial charge in [0.05, 0.1) is 0 Å². The molecule has 6 aliphatic rings. The topological polar surface area (TPSA) is 179 Å². The number of nitrogens with one attached hydrogen (secondary N) is 1. The lowest BCUT2D eigenvalue weighted by Gasteiger charge is -2.49. The van der Waals surface area contributed by atoms with Crippen molar-refractivity contribution in [2.24, 2.45) is 27.9 Å². The van der Waals surface area contributed by atoms with Crippen molar-refractivity contribution in [2.45, 2.75) is 83.7 Å². The van der Waals surface area contributed by atoms with Crippen LogP contribution in [0.25, 0.3) is 0 Å². The van der Waals surface area contributed by atoms with Gasteiger partial charge in [0.1, 0.15) is 5.41 Å². The van der Waals surface area contributed by atoms with E-state index in [1.54, 1.807) is 0 Å². The highest BCUT2D eigenvalue weighted by Gasteiger charge is 2.70. The number of halogens is 3. The van der Waals surface area contributed by atoms with Crippen LogP contribution in [0.15, 0.2) is 17.2 Å². The van der Waals surface area contributed by atoms with Crippen LogP contribution in [-0.4, -0.2) is 119 Å². The summed E-state index contributed by atoms with van der Waals surface area (Å²) in [5, 5.41) is 8.64. The van der Waals surface area contributed by atoms with Crippen LogP contribution in [0.3, 0.4) is 0 Å². The fraction of sp³-hybridized carbons (Fsp3) is 0.765. The highest BCUT2D eigenvalue weighted by atomic mass is 19.4. The van der Waals surface area contributed by atoms with Crippen LogP contribution in [-0.2, 0) is 19.1 Å². The first-order valence-electron chi connectivity index (χ1n) is 17.6. The molecular weight excluding hydrogens is 661 g/mol. The number of primary amides is 1. The van der Waals surface area contributed by atoms with E-state index in [1.165, 1.54) is 47.9 Å². The number of carbonyl (C=O) groups excluding carboxylic acids is 4. The molecule has 0 bridgehead atoms. The fourth-order valence-electron chi connectivity index (χ4n) is 7.18. The second-order valence-electron chi connectivity index (χ2n) is 14.5. The summed E-state index contributed by atoms with van der Waals surface area (Å²) in [7, 11) is 0. The number of ether oxygens (including phenoxy) is 1. The molecule has 6 fully saturated rings. The van der Waals surface area contributed by atoms with Gasteiger partial charge in [0.25, 0.3) is 11.5 Å². The van der Waals surface area contributed by atoms with E-state index in [-0.39, 0.29) is 43.5 Å². The Morgan fingerprint density at radius 3 is 2.02 bits per heavy atom. The Morgan fingerprint density at radius 1 is 0.980 bits per heavy atom. The summed E-state index contributed by atoms with van der Waals surface area (Å²) in [6, 6.07) is 0. The molecule has 2 saturated carbocycles. The van der Waals surface area contributed by atoms with Gasteiger partial charge in [-0.25, -0.2) is 4.98 Å². The molecule has 0 unspecified atom stereocenters. The van der Waals surface area contributed by atoms with E-state index in [9.17, 15) is 32.3 Å². The Balaban J connectivity index is 0.000000193. The zero-order valence-electron chi connectivity index (χ0n) is 28.8. The minimum atomic E-state index is -4.51. The molecular formula is C34H51F3N6O7. The van der Waals surface area contributed by atoms with Crippen LogP contribution in [0, 0.1) is 22.2 Å². The van der Waals surface area contributed by atoms with Gasteiger partial charge in [-0.15, -0.1) is 0 Å². The van der Waals surface area contributed by atoms with E-state index in [1.807, 2.05) is 0 Å². The summed E-state index contributed by atoms with van der Waals surface area (Å²) in [6.45, 7) is 7.27. The molecule has 7 rings (SSSR count). The largest absolute Gasteiger partial charge is 0.403 e. The van der Waals surface area contributed by atoms with Crippen molar-refractivity contribution in [1.29, 1.82) is 0 Å². The molecule has 1 aromatic rings. The zero-order valence-corrected chi connectivity index (χ0v) is 28.8. The molecule has 1 aromatic heterocycles. The molecule has 50 heavy (non-hydrogen) atoms. The van der Waals surface area contributed by atoms with Crippen molar-refractivity contribution in [3.63, 3.8) is 0 Å². The van der Waals surface area contributed by atoms with Gasteiger partial charge in [0.2, 0.25) is 18.2 Å². The third-order valence-electron chi connectivity index (χ3n) is 10.9. The Labute approximate surface area is 290 Å². The summed E-state index contributed by atoms with van der Waals surface area (Å²) in [6.07, 6.45) is 7.86. The SMILES string of the molecule is CCCC(=O)N1CCC2(CC1)CC2.NC=O.O=C(c1ncc[nH]c1=O)N1CCC2(C1)CN(C(=O)C1(C(F)(F)F)CC1)C2.OCC1CCOCC1. The Morgan fingerprint density at radius 2 is 1.54 bits per heavy atom. The fourth-order valence-corrected chi connectivity index (χ4v) is 7.18. The summed E-state index contributed by atoms with van der Waals surface area (Å²) < 4.78 is 44.4. The molecule has 4 N–H and O–H groups in total. The van der Waals surface area contributed by atoms with Crippen molar-refractivity contribution in [3.8, 4) is 0 Å². The maximum Gasteiger partial charge on any atom is 0.403 e. The van der Waals surface area contributed by atoms with Crippen molar-refractivity contribution in [3.05, 3.63) is 28.4 Å². The Hall–Kier alpha value is -3.53. The minimum Gasteiger partial charge on any atom is -0.396 e. The molecule has 0 aromatic carbocycles. The molecule has 2 aliphatic carbocycles. The lowest BCUT2D eigenvalue weighted by Crippen LogP contribution is -2.62. The van der Waals surface area contributed by atoms with Crippen LogP contribution in [0.1, 0.15) is 88.0 Å². The molecule has 2 spiro atoms. The first-order valence-corrected chi connectivity index (χ1v) is 17.6. The molecule has 280 valence electrons. The van der Waals surface area contributed by atoms with Gasteiger partial charge in [0.15, 0.2) is 5.69 Å². The Kier molecular flexibility index (Phi) is 13.1. The molecule has 4 aliphatic heterocycles. The Bertz CT molecular complexity index is 1380. The summed E-state index contributed by atoms with van der Waals surface area (Å²) in [5.41, 5.74) is 1.51. The summed E-state index contributed by atoms with van der Waals surface area (Å²) in [4.78, 5) is 67.5. The van der Waals surface area contributed by atoms with Crippen LogP contribution in [0.2, 0.25) is 0 Å². The summed E-state index contributed by atoms with van der Waals surface area (Å²) >= 11 is 0. The van der Waals surface area contributed by atoms with Crippen LogP contribution in [0.4, 0.5) is 13.2 Å². The molecule has 4 saturated heterocycles. The lowest BCUT2D eigenvalue weighted by atomic mass is 9.78. The van der Waals surface area contributed by atoms with Gasteiger partial charge in [-0.2, -0.15) is 13.2 Å². The predicted molar refractivity (Wildman–Crippen MR) is 175 cm³/mol. The van der Waals surface area contributed by atoms with E-state index >= 15 is 0 Å². The molecule has 16 heteroatoms.